The van der Waals surface area contributed by atoms with Gasteiger partial charge in [-0.1, -0.05) is 19.0 Å². The van der Waals surface area contributed by atoms with E-state index in [-0.39, 0.29) is 0 Å². The Morgan fingerprint density at radius 3 is 2.28 bits per heavy atom. The minimum absolute atomic E-state index is 0.439. The van der Waals surface area contributed by atoms with Gasteiger partial charge in [0.15, 0.2) is 8.32 Å². The summed E-state index contributed by atoms with van der Waals surface area (Å²) in [5.74, 6) is 4.27. The number of hydrogen-bond acceptors (Lipinski definition) is 3. The monoisotopic (exact) mass is 419 g/mol. The van der Waals surface area contributed by atoms with E-state index in [1.54, 1.807) is 7.11 Å². The lowest BCUT2D eigenvalue weighted by Crippen LogP contribution is -2.54. The van der Waals surface area contributed by atoms with Gasteiger partial charge in [-0.15, -0.1) is 0 Å². The standard InChI is InChI=1S/C25H45NO2Si/c1-17(26-27-4)21-10-11-22-20-9-8-18-16-19(28-29(5,6)7)12-14-24(18,2)23(20)13-15-25(21,22)3/h18-23H,8-16H2,1-7H3/b26-17+/t18-,19+,20-,21+,22-,23-,24-,25+/m0/s1. The van der Waals surface area contributed by atoms with E-state index in [2.05, 4.69) is 45.6 Å². The van der Waals surface area contributed by atoms with Crippen LogP contribution in [0.2, 0.25) is 19.6 Å². The van der Waals surface area contributed by atoms with Crippen molar-refractivity contribution in [3.05, 3.63) is 0 Å². The first-order valence-corrected chi connectivity index (χ1v) is 15.7. The molecule has 3 nitrogen and oxygen atoms in total. The molecule has 0 amide bonds. The highest BCUT2D eigenvalue weighted by molar-refractivity contribution is 6.69. The fourth-order valence-corrected chi connectivity index (χ4v) is 9.93. The summed E-state index contributed by atoms with van der Waals surface area (Å²) < 4.78 is 6.57. The number of nitrogens with zero attached hydrogens (tertiary/aromatic N) is 1. The van der Waals surface area contributed by atoms with Crippen molar-refractivity contribution in [3.8, 4) is 0 Å². The van der Waals surface area contributed by atoms with Crippen LogP contribution in [0.4, 0.5) is 0 Å². The Kier molecular flexibility index (Phi) is 5.77. The van der Waals surface area contributed by atoms with Crippen LogP contribution < -0.4 is 0 Å². The Hall–Kier alpha value is -0.353. The smallest absolute Gasteiger partial charge is 0.184 e. The summed E-state index contributed by atoms with van der Waals surface area (Å²) in [4.78, 5) is 5.16. The fourth-order valence-electron chi connectivity index (χ4n) is 8.72. The van der Waals surface area contributed by atoms with E-state index in [9.17, 15) is 0 Å². The van der Waals surface area contributed by atoms with Crippen molar-refractivity contribution in [1.82, 2.24) is 0 Å². The predicted molar refractivity (Wildman–Crippen MR) is 124 cm³/mol. The summed E-state index contributed by atoms with van der Waals surface area (Å²) in [5, 5.41) is 4.37. The quantitative estimate of drug-likeness (QED) is 0.282. The van der Waals surface area contributed by atoms with Gasteiger partial charge >= 0.3 is 0 Å². The normalized spacial score (nSPS) is 47.9. The van der Waals surface area contributed by atoms with Gasteiger partial charge in [0.2, 0.25) is 0 Å². The predicted octanol–water partition coefficient (Wildman–Crippen LogP) is 6.89. The van der Waals surface area contributed by atoms with Crippen molar-refractivity contribution in [1.29, 1.82) is 0 Å². The third kappa shape index (κ3) is 3.75. The number of fused-ring (bicyclic) bond motifs is 5. The van der Waals surface area contributed by atoms with Gasteiger partial charge in [-0.25, -0.2) is 0 Å². The Morgan fingerprint density at radius 1 is 0.897 bits per heavy atom. The molecule has 0 spiro atoms. The molecular formula is C25H45NO2Si. The second-order valence-electron chi connectivity index (χ2n) is 12.4. The van der Waals surface area contributed by atoms with E-state index in [0.29, 0.717) is 22.9 Å². The molecule has 8 atom stereocenters. The molecular weight excluding hydrogens is 374 g/mol. The molecule has 4 heteroatoms. The van der Waals surface area contributed by atoms with E-state index >= 15 is 0 Å². The number of hydrogen-bond donors (Lipinski definition) is 0. The van der Waals surface area contributed by atoms with Gasteiger partial charge in [0, 0.05) is 12.0 Å². The molecule has 4 aliphatic carbocycles. The van der Waals surface area contributed by atoms with Gasteiger partial charge in [0.25, 0.3) is 0 Å². The molecule has 0 bridgehead atoms. The van der Waals surface area contributed by atoms with Crippen molar-refractivity contribution in [2.45, 2.75) is 104 Å². The van der Waals surface area contributed by atoms with Crippen LogP contribution in [0.15, 0.2) is 5.16 Å². The minimum atomic E-state index is -1.43. The number of oxime groups is 1. The lowest BCUT2D eigenvalue weighted by Gasteiger charge is -2.61. The van der Waals surface area contributed by atoms with Gasteiger partial charge < -0.3 is 9.26 Å². The van der Waals surface area contributed by atoms with Crippen LogP contribution >= 0.6 is 0 Å². The average molecular weight is 420 g/mol. The maximum atomic E-state index is 6.57. The van der Waals surface area contributed by atoms with Crippen LogP contribution in [-0.2, 0) is 9.26 Å². The molecule has 0 aromatic carbocycles. The molecule has 4 fully saturated rings. The summed E-state index contributed by atoms with van der Waals surface area (Å²) >= 11 is 0. The van der Waals surface area contributed by atoms with Gasteiger partial charge in [-0.2, -0.15) is 0 Å². The molecule has 29 heavy (non-hydrogen) atoms. The Balaban J connectivity index is 1.51. The van der Waals surface area contributed by atoms with Crippen LogP contribution in [0.3, 0.4) is 0 Å². The van der Waals surface area contributed by atoms with Crippen LogP contribution in [0.1, 0.15) is 78.6 Å². The first-order chi connectivity index (χ1) is 13.6. The first-order valence-electron chi connectivity index (χ1n) is 12.3. The first kappa shape index (κ1) is 21.9. The maximum absolute atomic E-state index is 6.57. The van der Waals surface area contributed by atoms with E-state index < -0.39 is 8.32 Å². The zero-order valence-electron chi connectivity index (χ0n) is 20.1. The second-order valence-corrected chi connectivity index (χ2v) is 16.8. The van der Waals surface area contributed by atoms with Crippen LogP contribution in [0.5, 0.6) is 0 Å². The second kappa shape index (κ2) is 7.65. The topological polar surface area (TPSA) is 30.8 Å². The summed E-state index contributed by atoms with van der Waals surface area (Å²) in [6.45, 7) is 14.5. The zero-order valence-corrected chi connectivity index (χ0v) is 21.1. The zero-order chi connectivity index (χ0) is 21.0. The van der Waals surface area contributed by atoms with Crippen molar-refractivity contribution in [3.63, 3.8) is 0 Å². The summed E-state index contributed by atoms with van der Waals surface area (Å²) in [7, 11) is 0.259. The van der Waals surface area contributed by atoms with E-state index in [1.807, 2.05) is 0 Å². The fraction of sp³-hybridized carbons (Fsp3) is 0.960. The highest BCUT2D eigenvalue weighted by Gasteiger charge is 2.60. The molecule has 0 radical (unpaired) electrons. The molecule has 166 valence electrons. The van der Waals surface area contributed by atoms with Crippen molar-refractivity contribution >= 4 is 14.0 Å². The molecule has 0 unspecified atom stereocenters. The van der Waals surface area contributed by atoms with Crippen molar-refractivity contribution in [2.24, 2.45) is 45.6 Å². The number of rotatable bonds is 4. The molecule has 4 aliphatic rings. The largest absolute Gasteiger partial charge is 0.415 e. The van der Waals surface area contributed by atoms with E-state index in [4.69, 9.17) is 9.26 Å². The van der Waals surface area contributed by atoms with E-state index in [0.717, 1.165) is 23.7 Å². The SMILES string of the molecule is CO/N=C(\C)[C@H]1CC[C@H]2[C@@H]3CC[C@H]4C[C@H](O[Si](C)(C)C)CC[C@]4(C)[C@H]3CC[C@]12C. The highest BCUT2D eigenvalue weighted by atomic mass is 28.4. The molecule has 4 rings (SSSR count). The van der Waals surface area contributed by atoms with Gasteiger partial charge in [-0.3, -0.25) is 0 Å². The highest BCUT2D eigenvalue weighted by Crippen LogP contribution is 2.67. The van der Waals surface area contributed by atoms with Gasteiger partial charge in [0.05, 0.1) is 5.71 Å². The third-order valence-electron chi connectivity index (χ3n) is 9.88. The van der Waals surface area contributed by atoms with Crippen molar-refractivity contribution < 1.29 is 9.26 Å². The lowest BCUT2D eigenvalue weighted by molar-refractivity contribution is -0.121. The molecule has 0 aromatic heterocycles. The average Bonchev–Trinajstić information content (AvgIpc) is 2.98. The molecule has 0 N–H and O–H groups in total. The molecule has 0 aliphatic heterocycles. The van der Waals surface area contributed by atoms with Crippen LogP contribution in [0, 0.1) is 40.4 Å². The summed E-state index contributed by atoms with van der Waals surface area (Å²) in [6, 6.07) is 0. The lowest BCUT2D eigenvalue weighted by atomic mass is 9.44. The molecule has 4 saturated carbocycles. The maximum Gasteiger partial charge on any atom is 0.184 e. The van der Waals surface area contributed by atoms with Gasteiger partial charge in [0.1, 0.15) is 7.11 Å². The van der Waals surface area contributed by atoms with Gasteiger partial charge in [-0.05, 0) is 119 Å². The molecule has 0 aromatic rings. The Morgan fingerprint density at radius 2 is 1.59 bits per heavy atom. The summed E-state index contributed by atoms with van der Waals surface area (Å²) in [5.41, 5.74) is 2.23. The Bertz CT molecular complexity index is 643. The minimum Gasteiger partial charge on any atom is -0.415 e. The van der Waals surface area contributed by atoms with Crippen molar-refractivity contribution in [2.75, 3.05) is 7.11 Å². The third-order valence-corrected chi connectivity index (χ3v) is 10.9. The van der Waals surface area contributed by atoms with E-state index in [1.165, 1.54) is 63.5 Å². The summed E-state index contributed by atoms with van der Waals surface area (Å²) in [6.07, 6.45) is 13.0. The van der Waals surface area contributed by atoms with Crippen LogP contribution in [0.25, 0.3) is 0 Å². The molecule has 0 heterocycles. The van der Waals surface area contributed by atoms with Crippen LogP contribution in [-0.4, -0.2) is 27.2 Å². The molecule has 0 saturated heterocycles. The Labute approximate surface area is 180 Å².